The minimum atomic E-state index is -0.668. The minimum Gasteiger partial charge on any atom is -0.350 e. The Bertz CT molecular complexity index is 969. The predicted octanol–water partition coefficient (Wildman–Crippen LogP) is 4.02. The second kappa shape index (κ2) is 11.9. The van der Waals surface area contributed by atoms with Gasteiger partial charge in [0.1, 0.15) is 6.04 Å². The van der Waals surface area contributed by atoms with Crippen molar-refractivity contribution in [3.8, 4) is 0 Å². The third-order valence-electron chi connectivity index (χ3n) is 5.36. The smallest absolute Gasteiger partial charge is 0.253 e. The summed E-state index contributed by atoms with van der Waals surface area (Å²) in [6, 6.07) is 13.8. The molecule has 1 aliphatic heterocycles. The fourth-order valence-electron chi connectivity index (χ4n) is 3.61. The molecule has 1 atom stereocenters. The Morgan fingerprint density at radius 1 is 1.16 bits per heavy atom. The second-order valence-electron chi connectivity index (χ2n) is 7.68. The molecule has 0 spiro atoms. The van der Waals surface area contributed by atoms with E-state index in [1.54, 1.807) is 40.9 Å². The quantitative estimate of drug-likeness (QED) is 0.576. The van der Waals surface area contributed by atoms with Crippen LogP contribution in [0.5, 0.6) is 0 Å². The first kappa shape index (κ1) is 24.1. The summed E-state index contributed by atoms with van der Waals surface area (Å²) >= 11 is 7.73. The van der Waals surface area contributed by atoms with Crippen molar-refractivity contribution in [3.63, 3.8) is 0 Å². The van der Waals surface area contributed by atoms with Crippen LogP contribution in [0, 0.1) is 0 Å². The van der Waals surface area contributed by atoms with Gasteiger partial charge in [-0.05, 0) is 61.1 Å². The largest absolute Gasteiger partial charge is 0.350 e. The Labute approximate surface area is 198 Å². The van der Waals surface area contributed by atoms with Crippen LogP contribution in [-0.4, -0.2) is 42.3 Å². The molecule has 0 radical (unpaired) electrons. The van der Waals surface area contributed by atoms with E-state index >= 15 is 0 Å². The highest BCUT2D eigenvalue weighted by atomic mass is 35.5. The van der Waals surface area contributed by atoms with Crippen molar-refractivity contribution in [2.24, 2.45) is 0 Å². The van der Waals surface area contributed by atoms with Gasteiger partial charge in [-0.15, -0.1) is 0 Å². The summed E-state index contributed by atoms with van der Waals surface area (Å²) in [6.07, 6.45) is 4.96. The normalized spacial score (nSPS) is 14.7. The standard InChI is InChI=1S/C24H28ClN3O3S/c1-32-14-12-21(27-23(30)19-9-2-3-10-20(19)25)24(31)26-16-17-7-6-8-18(15-17)28-13-5-4-11-22(28)29/h2-3,6-10,15,21H,4-5,11-14,16H2,1H3,(H,26,31)(H,27,30). The van der Waals surface area contributed by atoms with Crippen molar-refractivity contribution in [2.75, 3.05) is 23.5 Å². The van der Waals surface area contributed by atoms with E-state index in [1.807, 2.05) is 30.5 Å². The van der Waals surface area contributed by atoms with Crippen molar-refractivity contribution in [1.29, 1.82) is 0 Å². The van der Waals surface area contributed by atoms with Gasteiger partial charge in [0.15, 0.2) is 0 Å². The summed E-state index contributed by atoms with van der Waals surface area (Å²) in [5.74, 6) is 0.242. The Morgan fingerprint density at radius 2 is 1.97 bits per heavy atom. The number of rotatable bonds is 9. The molecule has 1 unspecified atom stereocenters. The molecule has 2 aromatic rings. The van der Waals surface area contributed by atoms with Crippen LogP contribution in [0.25, 0.3) is 0 Å². The van der Waals surface area contributed by atoms with Crippen molar-refractivity contribution in [2.45, 2.75) is 38.3 Å². The zero-order valence-corrected chi connectivity index (χ0v) is 19.7. The molecule has 2 aromatic carbocycles. The van der Waals surface area contributed by atoms with Gasteiger partial charge in [0.2, 0.25) is 11.8 Å². The number of hydrogen-bond acceptors (Lipinski definition) is 4. The Hall–Kier alpha value is -2.51. The Morgan fingerprint density at radius 3 is 2.72 bits per heavy atom. The number of benzene rings is 2. The number of thioether (sulfide) groups is 1. The van der Waals surface area contributed by atoms with Crippen LogP contribution in [0.4, 0.5) is 5.69 Å². The van der Waals surface area contributed by atoms with Crippen LogP contribution in [0.3, 0.4) is 0 Å². The molecule has 170 valence electrons. The molecule has 0 saturated carbocycles. The molecule has 0 aliphatic carbocycles. The van der Waals surface area contributed by atoms with E-state index in [-0.39, 0.29) is 17.7 Å². The minimum absolute atomic E-state index is 0.136. The first-order valence-corrected chi connectivity index (χ1v) is 12.5. The molecule has 3 amide bonds. The molecular formula is C24H28ClN3O3S. The average molecular weight is 474 g/mol. The lowest BCUT2D eigenvalue weighted by Gasteiger charge is -2.27. The molecule has 0 aromatic heterocycles. The Kier molecular flexibility index (Phi) is 9.00. The van der Waals surface area contributed by atoms with Gasteiger partial charge >= 0.3 is 0 Å². The number of carbonyl (C=O) groups excluding carboxylic acids is 3. The number of anilines is 1. The zero-order chi connectivity index (χ0) is 22.9. The highest BCUT2D eigenvalue weighted by Crippen LogP contribution is 2.22. The summed E-state index contributed by atoms with van der Waals surface area (Å²) < 4.78 is 0. The molecule has 6 nitrogen and oxygen atoms in total. The summed E-state index contributed by atoms with van der Waals surface area (Å²) in [5.41, 5.74) is 2.10. The maximum absolute atomic E-state index is 12.9. The van der Waals surface area contributed by atoms with Gasteiger partial charge in [0, 0.05) is 25.2 Å². The fourth-order valence-corrected chi connectivity index (χ4v) is 4.30. The lowest BCUT2D eigenvalue weighted by atomic mass is 10.1. The number of piperidine rings is 1. The van der Waals surface area contributed by atoms with Gasteiger partial charge in [0.25, 0.3) is 5.91 Å². The lowest BCUT2D eigenvalue weighted by Crippen LogP contribution is -2.47. The van der Waals surface area contributed by atoms with Crippen molar-refractivity contribution in [1.82, 2.24) is 10.6 Å². The number of nitrogens with one attached hydrogen (secondary N) is 2. The first-order chi connectivity index (χ1) is 15.5. The lowest BCUT2D eigenvalue weighted by molar-refractivity contribution is -0.123. The van der Waals surface area contributed by atoms with E-state index in [0.717, 1.165) is 36.4 Å². The van der Waals surface area contributed by atoms with Gasteiger partial charge < -0.3 is 15.5 Å². The van der Waals surface area contributed by atoms with E-state index < -0.39 is 6.04 Å². The highest BCUT2D eigenvalue weighted by Gasteiger charge is 2.23. The number of amides is 3. The van der Waals surface area contributed by atoms with Gasteiger partial charge in [0.05, 0.1) is 10.6 Å². The van der Waals surface area contributed by atoms with Crippen LogP contribution in [0.2, 0.25) is 5.02 Å². The summed E-state index contributed by atoms with van der Waals surface area (Å²) in [5, 5.41) is 6.08. The third-order valence-corrected chi connectivity index (χ3v) is 6.34. The monoisotopic (exact) mass is 473 g/mol. The molecule has 2 N–H and O–H groups in total. The topological polar surface area (TPSA) is 78.5 Å². The summed E-state index contributed by atoms with van der Waals surface area (Å²) in [6.45, 7) is 1.03. The second-order valence-corrected chi connectivity index (χ2v) is 9.07. The van der Waals surface area contributed by atoms with Gasteiger partial charge in [-0.1, -0.05) is 35.9 Å². The molecule has 1 aliphatic rings. The highest BCUT2D eigenvalue weighted by molar-refractivity contribution is 7.98. The van der Waals surface area contributed by atoms with Gasteiger partial charge in [-0.25, -0.2) is 0 Å². The molecule has 0 bridgehead atoms. The maximum Gasteiger partial charge on any atom is 0.253 e. The summed E-state index contributed by atoms with van der Waals surface area (Å²) in [7, 11) is 0. The summed E-state index contributed by atoms with van der Waals surface area (Å²) in [4.78, 5) is 39.5. The molecule has 32 heavy (non-hydrogen) atoms. The number of nitrogens with zero attached hydrogens (tertiary/aromatic N) is 1. The SMILES string of the molecule is CSCCC(NC(=O)c1ccccc1Cl)C(=O)NCc1cccc(N2CCCCC2=O)c1. The fraction of sp³-hybridized carbons (Fsp3) is 0.375. The molecule has 1 fully saturated rings. The molecule has 1 heterocycles. The van der Waals surface area contributed by atoms with Crippen LogP contribution in [-0.2, 0) is 16.1 Å². The van der Waals surface area contributed by atoms with E-state index in [4.69, 9.17) is 11.6 Å². The van der Waals surface area contributed by atoms with E-state index in [0.29, 0.717) is 30.0 Å². The molecule has 3 rings (SSSR count). The van der Waals surface area contributed by atoms with Crippen molar-refractivity contribution in [3.05, 3.63) is 64.7 Å². The number of hydrogen-bond donors (Lipinski definition) is 2. The van der Waals surface area contributed by atoms with Crippen LogP contribution in [0.1, 0.15) is 41.6 Å². The van der Waals surface area contributed by atoms with Crippen LogP contribution >= 0.6 is 23.4 Å². The van der Waals surface area contributed by atoms with Crippen molar-refractivity contribution >= 4 is 46.8 Å². The number of halogens is 1. The predicted molar refractivity (Wildman–Crippen MR) is 130 cm³/mol. The molecular weight excluding hydrogens is 446 g/mol. The first-order valence-electron chi connectivity index (χ1n) is 10.7. The van der Waals surface area contributed by atoms with Crippen LogP contribution in [0.15, 0.2) is 48.5 Å². The molecule has 8 heteroatoms. The maximum atomic E-state index is 12.9. The Balaban J connectivity index is 1.64. The van der Waals surface area contributed by atoms with Crippen LogP contribution < -0.4 is 15.5 Å². The van der Waals surface area contributed by atoms with Crippen molar-refractivity contribution < 1.29 is 14.4 Å². The van der Waals surface area contributed by atoms with Gasteiger partial charge in [-0.3, -0.25) is 14.4 Å². The molecule has 1 saturated heterocycles. The van der Waals surface area contributed by atoms with E-state index in [2.05, 4.69) is 10.6 Å². The van der Waals surface area contributed by atoms with E-state index in [9.17, 15) is 14.4 Å². The van der Waals surface area contributed by atoms with E-state index in [1.165, 1.54) is 0 Å². The average Bonchev–Trinajstić information content (AvgIpc) is 2.81. The third kappa shape index (κ3) is 6.50. The number of carbonyl (C=O) groups is 3. The zero-order valence-electron chi connectivity index (χ0n) is 18.1. The van der Waals surface area contributed by atoms with Gasteiger partial charge in [-0.2, -0.15) is 11.8 Å².